The summed E-state index contributed by atoms with van der Waals surface area (Å²) >= 11 is 0. The van der Waals surface area contributed by atoms with Crippen LogP contribution in [0.2, 0.25) is 0 Å². The van der Waals surface area contributed by atoms with Gasteiger partial charge >= 0.3 is 0 Å². The Morgan fingerprint density at radius 3 is 2.14 bits per heavy atom. The fourth-order valence-electron chi connectivity index (χ4n) is 1.32. The smallest absolute Gasteiger partial charge is 0.109 e. The molecule has 1 rings (SSSR count). The highest BCUT2D eigenvalue weighted by Crippen LogP contribution is 2.31. The van der Waals surface area contributed by atoms with Crippen LogP contribution in [-0.2, 0) is 0 Å². The van der Waals surface area contributed by atoms with Crippen LogP contribution in [0.5, 0.6) is 0 Å². The van der Waals surface area contributed by atoms with Gasteiger partial charge in [0.05, 0.1) is 18.6 Å². The number of rotatable bonds is 2. The monoisotopic (exact) mass is 198 g/mol. The first-order valence-corrected chi connectivity index (χ1v) is 4.73. The molecule has 0 saturated heterocycles. The zero-order valence-electron chi connectivity index (χ0n) is 9.11. The number of aliphatic hydroxyl groups excluding tert-OH is 2. The van der Waals surface area contributed by atoms with Crippen molar-refractivity contribution < 1.29 is 14.6 Å². The lowest BCUT2D eigenvalue weighted by Crippen LogP contribution is -2.32. The summed E-state index contributed by atoms with van der Waals surface area (Å²) in [4.78, 5) is 0. The maximum atomic E-state index is 9.88. The van der Waals surface area contributed by atoms with E-state index in [1.165, 1.54) is 6.26 Å². The third kappa shape index (κ3) is 2.16. The summed E-state index contributed by atoms with van der Waals surface area (Å²) < 4.78 is 4.96. The van der Waals surface area contributed by atoms with E-state index in [9.17, 15) is 10.2 Å². The van der Waals surface area contributed by atoms with Gasteiger partial charge in [-0.3, -0.25) is 0 Å². The zero-order chi connectivity index (χ0) is 10.9. The molecule has 0 aromatic carbocycles. The van der Waals surface area contributed by atoms with Crippen molar-refractivity contribution in [3.63, 3.8) is 0 Å². The van der Waals surface area contributed by atoms with Crippen LogP contribution in [-0.4, -0.2) is 16.3 Å². The highest BCUT2D eigenvalue weighted by atomic mass is 16.3. The second-order valence-corrected chi connectivity index (χ2v) is 4.77. The summed E-state index contributed by atoms with van der Waals surface area (Å²) in [6.07, 6.45) is 1.37. The number of furan rings is 1. The summed E-state index contributed by atoms with van der Waals surface area (Å²) in [7, 11) is 0. The van der Waals surface area contributed by atoms with Crippen molar-refractivity contribution in [3.8, 4) is 0 Å². The maximum absolute atomic E-state index is 9.88. The Hall–Kier alpha value is -0.800. The van der Waals surface area contributed by atoms with E-state index >= 15 is 0 Å². The highest BCUT2D eigenvalue weighted by molar-refractivity contribution is 5.22. The average Bonchev–Trinajstić information content (AvgIpc) is 2.47. The van der Waals surface area contributed by atoms with Crippen molar-refractivity contribution in [1.82, 2.24) is 0 Å². The van der Waals surface area contributed by atoms with Gasteiger partial charge in [0, 0.05) is 5.56 Å². The first-order valence-electron chi connectivity index (χ1n) is 4.73. The van der Waals surface area contributed by atoms with Crippen LogP contribution in [0.3, 0.4) is 0 Å². The molecule has 3 nitrogen and oxygen atoms in total. The standard InChI is InChI=1S/C11H18O3/c1-7-5-14-6-8(7)9(12)10(13)11(2,3)4/h5-6,9-10,12-13H,1-4H3. The van der Waals surface area contributed by atoms with Crippen LogP contribution in [0, 0.1) is 12.3 Å². The second-order valence-electron chi connectivity index (χ2n) is 4.77. The molecule has 2 atom stereocenters. The van der Waals surface area contributed by atoms with Gasteiger partial charge in [0.25, 0.3) is 0 Å². The van der Waals surface area contributed by atoms with Crippen molar-refractivity contribution >= 4 is 0 Å². The lowest BCUT2D eigenvalue weighted by molar-refractivity contribution is -0.0462. The third-order valence-electron chi connectivity index (χ3n) is 2.40. The van der Waals surface area contributed by atoms with Crippen LogP contribution in [0.15, 0.2) is 16.9 Å². The van der Waals surface area contributed by atoms with Gasteiger partial charge in [-0.2, -0.15) is 0 Å². The lowest BCUT2D eigenvalue weighted by Gasteiger charge is -2.29. The Bertz CT molecular complexity index is 296. The molecule has 1 aromatic heterocycles. The molecule has 0 radical (unpaired) electrons. The topological polar surface area (TPSA) is 53.6 Å². The Kier molecular flexibility index (Phi) is 3.02. The van der Waals surface area contributed by atoms with E-state index in [2.05, 4.69) is 0 Å². The van der Waals surface area contributed by atoms with Gasteiger partial charge in [-0.25, -0.2) is 0 Å². The SMILES string of the molecule is Cc1cocc1C(O)C(O)C(C)(C)C. The fourth-order valence-corrected chi connectivity index (χ4v) is 1.32. The molecule has 0 bridgehead atoms. The molecule has 1 aromatic rings. The van der Waals surface area contributed by atoms with E-state index in [4.69, 9.17) is 4.42 Å². The largest absolute Gasteiger partial charge is 0.472 e. The minimum absolute atomic E-state index is 0.344. The predicted octanol–water partition coefficient (Wildman–Crippen LogP) is 2.03. The molecule has 0 aliphatic heterocycles. The van der Waals surface area contributed by atoms with Crippen LogP contribution in [0.1, 0.15) is 38.0 Å². The van der Waals surface area contributed by atoms with Gasteiger partial charge in [0.15, 0.2) is 0 Å². The van der Waals surface area contributed by atoms with Crippen LogP contribution in [0.4, 0.5) is 0 Å². The summed E-state index contributed by atoms with van der Waals surface area (Å²) in [5.41, 5.74) is 1.18. The summed E-state index contributed by atoms with van der Waals surface area (Å²) in [6, 6.07) is 0. The van der Waals surface area contributed by atoms with Gasteiger partial charge < -0.3 is 14.6 Å². The van der Waals surface area contributed by atoms with E-state index in [1.54, 1.807) is 6.26 Å². The molecule has 80 valence electrons. The molecule has 0 fully saturated rings. The van der Waals surface area contributed by atoms with Gasteiger partial charge in [-0.15, -0.1) is 0 Å². The number of aryl methyl sites for hydroxylation is 1. The van der Waals surface area contributed by atoms with Gasteiger partial charge in [-0.05, 0) is 17.9 Å². The Morgan fingerprint density at radius 2 is 1.79 bits per heavy atom. The van der Waals surface area contributed by atoms with Gasteiger partial charge in [0.1, 0.15) is 6.10 Å². The molecule has 0 saturated carbocycles. The Balaban J connectivity index is 2.86. The first kappa shape index (κ1) is 11.3. The highest BCUT2D eigenvalue weighted by Gasteiger charge is 2.31. The van der Waals surface area contributed by atoms with Crippen molar-refractivity contribution in [2.24, 2.45) is 5.41 Å². The average molecular weight is 198 g/mol. The van der Waals surface area contributed by atoms with E-state index < -0.39 is 12.2 Å². The molecule has 2 N–H and O–H groups in total. The summed E-state index contributed by atoms with van der Waals surface area (Å²) in [6.45, 7) is 7.50. The number of aliphatic hydroxyl groups is 2. The Morgan fingerprint density at radius 1 is 1.21 bits per heavy atom. The Labute approximate surface area is 84.4 Å². The first-order chi connectivity index (χ1) is 6.34. The minimum atomic E-state index is -0.881. The van der Waals surface area contributed by atoms with Crippen LogP contribution < -0.4 is 0 Å². The summed E-state index contributed by atoms with van der Waals surface area (Å²) in [5, 5.41) is 19.7. The molecular formula is C11H18O3. The van der Waals surface area contributed by atoms with Gasteiger partial charge in [-0.1, -0.05) is 20.8 Å². The predicted molar refractivity (Wildman–Crippen MR) is 53.9 cm³/mol. The molecule has 1 heterocycles. The fraction of sp³-hybridized carbons (Fsp3) is 0.636. The molecule has 2 unspecified atom stereocenters. The van der Waals surface area contributed by atoms with Gasteiger partial charge in [0.2, 0.25) is 0 Å². The van der Waals surface area contributed by atoms with E-state index in [0.717, 1.165) is 5.56 Å². The van der Waals surface area contributed by atoms with E-state index in [-0.39, 0.29) is 5.41 Å². The van der Waals surface area contributed by atoms with E-state index in [0.29, 0.717) is 5.56 Å². The maximum Gasteiger partial charge on any atom is 0.109 e. The normalized spacial score (nSPS) is 16.7. The van der Waals surface area contributed by atoms with Crippen LogP contribution >= 0.6 is 0 Å². The zero-order valence-corrected chi connectivity index (χ0v) is 9.11. The summed E-state index contributed by atoms with van der Waals surface area (Å²) in [5.74, 6) is 0. The van der Waals surface area contributed by atoms with E-state index in [1.807, 2.05) is 27.7 Å². The molecule has 3 heteroatoms. The molecule has 0 spiro atoms. The molecule has 0 aliphatic rings. The molecule has 14 heavy (non-hydrogen) atoms. The molecular weight excluding hydrogens is 180 g/mol. The quantitative estimate of drug-likeness (QED) is 0.764. The molecule has 0 aliphatic carbocycles. The molecule has 0 amide bonds. The van der Waals surface area contributed by atoms with Crippen LogP contribution in [0.25, 0.3) is 0 Å². The van der Waals surface area contributed by atoms with Crippen molar-refractivity contribution in [3.05, 3.63) is 23.7 Å². The van der Waals surface area contributed by atoms with Crippen molar-refractivity contribution in [1.29, 1.82) is 0 Å². The number of hydrogen-bond donors (Lipinski definition) is 2. The number of hydrogen-bond acceptors (Lipinski definition) is 3. The van der Waals surface area contributed by atoms with Crippen molar-refractivity contribution in [2.45, 2.75) is 39.9 Å². The third-order valence-corrected chi connectivity index (χ3v) is 2.40. The lowest BCUT2D eigenvalue weighted by atomic mass is 9.83. The van der Waals surface area contributed by atoms with Crippen molar-refractivity contribution in [2.75, 3.05) is 0 Å². The second kappa shape index (κ2) is 3.75. The minimum Gasteiger partial charge on any atom is -0.472 e.